The van der Waals surface area contributed by atoms with Gasteiger partial charge in [-0.2, -0.15) is 0 Å². The Labute approximate surface area is 247 Å². The maximum atomic E-state index is 13.7. The fourth-order valence-electron chi connectivity index (χ4n) is 6.41. The number of aromatic nitrogens is 2. The molecule has 0 aliphatic carbocycles. The predicted molar refractivity (Wildman–Crippen MR) is 168 cm³/mol. The van der Waals surface area contributed by atoms with E-state index < -0.39 is 0 Å². The number of para-hydroxylation sites is 1. The maximum Gasteiger partial charge on any atom is 0.254 e. The number of anilines is 1. The molecule has 7 nitrogen and oxygen atoms in total. The lowest BCUT2D eigenvalue weighted by molar-refractivity contribution is 0.0201. The number of H-pyrrole nitrogens is 1. The molecule has 6 rings (SSSR count). The Morgan fingerprint density at radius 2 is 1.76 bits per heavy atom. The SMILES string of the molecule is CCC(c1ccccc1)C(N1CCC(Nc2nc3c(Cc4ccoc4)cccc3[nH]2)CC1)N(C)C(=O)c1ccccc1. The molecule has 1 fully saturated rings. The van der Waals surface area contributed by atoms with Gasteiger partial charge in [0, 0.05) is 44.1 Å². The molecule has 2 atom stereocenters. The third kappa shape index (κ3) is 5.97. The third-order valence-electron chi connectivity index (χ3n) is 8.58. The second-order valence-corrected chi connectivity index (χ2v) is 11.3. The van der Waals surface area contributed by atoms with Crippen LogP contribution in [0.1, 0.15) is 59.2 Å². The summed E-state index contributed by atoms with van der Waals surface area (Å²) in [4.78, 5) is 26.6. The number of amides is 1. The number of carbonyl (C=O) groups excluding carboxylic acids is 1. The summed E-state index contributed by atoms with van der Waals surface area (Å²) in [6.07, 6.45) is 7.12. The highest BCUT2D eigenvalue weighted by Crippen LogP contribution is 2.32. The third-order valence-corrected chi connectivity index (χ3v) is 8.58. The largest absolute Gasteiger partial charge is 0.472 e. The molecule has 7 heteroatoms. The molecule has 1 aliphatic rings. The first-order valence-corrected chi connectivity index (χ1v) is 15.0. The average Bonchev–Trinajstić information content (AvgIpc) is 3.71. The van der Waals surface area contributed by atoms with Crippen molar-refractivity contribution >= 4 is 22.9 Å². The van der Waals surface area contributed by atoms with Crippen LogP contribution in [-0.4, -0.2) is 58.0 Å². The van der Waals surface area contributed by atoms with Gasteiger partial charge in [0.05, 0.1) is 29.7 Å². The van der Waals surface area contributed by atoms with Crippen molar-refractivity contribution in [2.45, 2.75) is 50.7 Å². The smallest absolute Gasteiger partial charge is 0.254 e. The Balaban J connectivity index is 1.18. The summed E-state index contributed by atoms with van der Waals surface area (Å²) >= 11 is 0. The molecular formula is C35H39N5O2. The van der Waals surface area contributed by atoms with Gasteiger partial charge in [0.15, 0.2) is 0 Å². The van der Waals surface area contributed by atoms with Crippen LogP contribution in [-0.2, 0) is 6.42 Å². The van der Waals surface area contributed by atoms with Crippen molar-refractivity contribution in [1.29, 1.82) is 0 Å². The van der Waals surface area contributed by atoms with E-state index in [1.807, 2.05) is 48.3 Å². The number of fused-ring (bicyclic) bond motifs is 1. The molecular weight excluding hydrogens is 522 g/mol. The van der Waals surface area contributed by atoms with E-state index in [0.717, 1.165) is 66.9 Å². The Bertz CT molecular complexity index is 1570. The van der Waals surface area contributed by atoms with Crippen molar-refractivity contribution in [3.8, 4) is 0 Å². The van der Waals surface area contributed by atoms with Gasteiger partial charge in [0.1, 0.15) is 0 Å². The summed E-state index contributed by atoms with van der Waals surface area (Å²) in [5, 5.41) is 3.68. The number of piperidine rings is 1. The summed E-state index contributed by atoms with van der Waals surface area (Å²) in [6.45, 7) is 4.01. The Hall–Kier alpha value is -4.36. The second kappa shape index (κ2) is 12.7. The second-order valence-electron chi connectivity index (χ2n) is 11.3. The highest BCUT2D eigenvalue weighted by Gasteiger charge is 2.36. The van der Waals surface area contributed by atoms with Crippen molar-refractivity contribution in [3.63, 3.8) is 0 Å². The molecule has 0 saturated carbocycles. The number of likely N-dealkylation sites (N-methyl/N-ethyl adjacent to an activating group) is 1. The van der Waals surface area contributed by atoms with Gasteiger partial charge in [-0.05, 0) is 60.2 Å². The minimum atomic E-state index is -0.0391. The van der Waals surface area contributed by atoms with Crippen LogP contribution in [0.4, 0.5) is 5.95 Å². The molecule has 0 bridgehead atoms. The highest BCUT2D eigenvalue weighted by atomic mass is 16.3. The molecule has 3 heterocycles. The van der Waals surface area contributed by atoms with E-state index >= 15 is 0 Å². The van der Waals surface area contributed by atoms with Crippen LogP contribution in [0.15, 0.2) is 102 Å². The minimum absolute atomic E-state index is 0.0391. The van der Waals surface area contributed by atoms with Gasteiger partial charge < -0.3 is 19.6 Å². The van der Waals surface area contributed by atoms with Gasteiger partial charge >= 0.3 is 0 Å². The zero-order valence-corrected chi connectivity index (χ0v) is 24.4. The summed E-state index contributed by atoms with van der Waals surface area (Å²) in [7, 11) is 1.96. The van der Waals surface area contributed by atoms with E-state index in [0.29, 0.717) is 6.04 Å². The molecule has 42 heavy (non-hydrogen) atoms. The number of hydrogen-bond donors (Lipinski definition) is 2. The van der Waals surface area contributed by atoms with Crippen molar-refractivity contribution in [2.24, 2.45) is 0 Å². The first-order valence-electron chi connectivity index (χ1n) is 15.0. The number of nitrogens with zero attached hydrogens (tertiary/aromatic N) is 3. The van der Waals surface area contributed by atoms with Crippen LogP contribution in [0, 0.1) is 0 Å². The van der Waals surface area contributed by atoms with Crippen LogP contribution in [0.5, 0.6) is 0 Å². The molecule has 216 valence electrons. The van der Waals surface area contributed by atoms with Crippen molar-refractivity contribution in [3.05, 3.63) is 120 Å². The molecule has 2 N–H and O–H groups in total. The van der Waals surface area contributed by atoms with Crippen LogP contribution in [0.3, 0.4) is 0 Å². The maximum absolute atomic E-state index is 13.7. The number of carbonyl (C=O) groups is 1. The topological polar surface area (TPSA) is 77.4 Å². The Morgan fingerprint density at radius 3 is 2.45 bits per heavy atom. The standard InChI is InChI=1S/C35H39N5O2/c1-3-30(26-11-6-4-7-12-26)33(39(2)34(41)27-13-8-5-9-14-27)40-20-17-29(18-21-40)36-35-37-31-16-10-15-28(32(31)38-35)23-25-19-22-42-24-25/h4-16,19,22,24,29-30,33H,3,17-18,20-21,23H2,1-2H3,(H2,36,37,38). The molecule has 2 aromatic heterocycles. The van der Waals surface area contributed by atoms with Gasteiger partial charge in [0.25, 0.3) is 5.91 Å². The van der Waals surface area contributed by atoms with E-state index in [2.05, 4.69) is 70.7 Å². The molecule has 2 unspecified atom stereocenters. The average molecular weight is 562 g/mol. The summed E-state index contributed by atoms with van der Waals surface area (Å²) in [5.74, 6) is 1.08. The lowest BCUT2D eigenvalue weighted by Crippen LogP contribution is -2.55. The van der Waals surface area contributed by atoms with Crippen molar-refractivity contribution < 1.29 is 9.21 Å². The van der Waals surface area contributed by atoms with Gasteiger partial charge in [-0.1, -0.05) is 67.6 Å². The fourth-order valence-corrected chi connectivity index (χ4v) is 6.41. The van der Waals surface area contributed by atoms with E-state index in [9.17, 15) is 4.79 Å². The van der Waals surface area contributed by atoms with Crippen LogP contribution in [0.25, 0.3) is 11.0 Å². The summed E-state index contributed by atoms with van der Waals surface area (Å²) in [6, 6.07) is 28.8. The van der Waals surface area contributed by atoms with Crippen molar-refractivity contribution in [2.75, 3.05) is 25.5 Å². The minimum Gasteiger partial charge on any atom is -0.472 e. The monoisotopic (exact) mass is 561 g/mol. The number of likely N-dealkylation sites (tertiary alicyclic amines) is 1. The Morgan fingerprint density at radius 1 is 1.02 bits per heavy atom. The summed E-state index contributed by atoms with van der Waals surface area (Å²) in [5.41, 5.74) is 6.33. The zero-order chi connectivity index (χ0) is 28.9. The molecule has 5 aromatic rings. The number of aromatic amines is 1. The van der Waals surface area contributed by atoms with Gasteiger partial charge in [-0.25, -0.2) is 4.98 Å². The molecule has 1 amide bonds. The van der Waals surface area contributed by atoms with E-state index in [1.54, 1.807) is 12.5 Å². The lowest BCUT2D eigenvalue weighted by Gasteiger charge is -2.45. The van der Waals surface area contributed by atoms with E-state index in [-0.39, 0.29) is 18.0 Å². The molecule has 1 aliphatic heterocycles. The fraction of sp³-hybridized carbons (Fsp3) is 0.314. The molecule has 0 radical (unpaired) electrons. The highest BCUT2D eigenvalue weighted by molar-refractivity contribution is 5.94. The lowest BCUT2D eigenvalue weighted by atomic mass is 9.90. The van der Waals surface area contributed by atoms with Gasteiger partial charge in [0.2, 0.25) is 5.95 Å². The number of imidazole rings is 1. The number of benzene rings is 3. The number of hydrogen-bond acceptors (Lipinski definition) is 5. The molecule has 3 aromatic carbocycles. The summed E-state index contributed by atoms with van der Waals surface area (Å²) < 4.78 is 5.26. The predicted octanol–water partition coefficient (Wildman–Crippen LogP) is 6.92. The quantitative estimate of drug-likeness (QED) is 0.194. The van der Waals surface area contributed by atoms with Crippen LogP contribution < -0.4 is 5.32 Å². The first-order chi connectivity index (χ1) is 20.6. The number of rotatable bonds is 10. The number of furan rings is 1. The zero-order valence-electron chi connectivity index (χ0n) is 24.4. The van der Waals surface area contributed by atoms with Gasteiger partial charge in [-0.15, -0.1) is 0 Å². The Kier molecular flexibility index (Phi) is 8.38. The normalized spacial score (nSPS) is 15.9. The first kappa shape index (κ1) is 27.8. The van der Waals surface area contributed by atoms with Crippen LogP contribution in [0.2, 0.25) is 0 Å². The van der Waals surface area contributed by atoms with E-state index in [1.165, 1.54) is 11.1 Å². The van der Waals surface area contributed by atoms with E-state index in [4.69, 9.17) is 9.40 Å². The number of nitrogens with one attached hydrogen (secondary N) is 2. The van der Waals surface area contributed by atoms with Gasteiger partial charge in [-0.3, -0.25) is 9.69 Å². The molecule has 0 spiro atoms. The van der Waals surface area contributed by atoms with Crippen LogP contribution >= 0.6 is 0 Å². The van der Waals surface area contributed by atoms with Crippen molar-refractivity contribution in [1.82, 2.24) is 19.8 Å². The molecule has 1 saturated heterocycles.